The molecule has 0 fully saturated rings. The number of carbonyl (C=O) groups excluding carboxylic acids is 1. The van der Waals surface area contributed by atoms with Crippen LogP contribution in [0.3, 0.4) is 0 Å². The number of rotatable bonds is 5. The molecule has 1 aromatic heterocycles. The van der Waals surface area contributed by atoms with Crippen LogP contribution >= 0.6 is 23.1 Å². The van der Waals surface area contributed by atoms with E-state index in [0.717, 1.165) is 21.9 Å². The first-order chi connectivity index (χ1) is 12.4. The standard InChI is InChI=1S/C18H13F3N2OS2/c1-10-17(11-2-7-14(20)15(21)8-11)23-18(26-10)22-16(24)9-25-13-5-3-12(19)4-6-13/h2-8H,9H2,1H3,(H,22,23,24). The maximum Gasteiger partial charge on any atom is 0.236 e. The van der Waals surface area contributed by atoms with Gasteiger partial charge in [0, 0.05) is 15.3 Å². The monoisotopic (exact) mass is 394 g/mol. The quantitative estimate of drug-likeness (QED) is 0.600. The van der Waals surface area contributed by atoms with Crippen molar-refractivity contribution in [1.82, 2.24) is 4.98 Å². The number of carbonyl (C=O) groups is 1. The molecule has 1 amide bonds. The Kier molecular flexibility index (Phi) is 5.63. The molecule has 0 atom stereocenters. The van der Waals surface area contributed by atoms with Gasteiger partial charge in [-0.2, -0.15) is 0 Å². The van der Waals surface area contributed by atoms with Crippen molar-refractivity contribution in [3.63, 3.8) is 0 Å². The summed E-state index contributed by atoms with van der Waals surface area (Å²) in [5.74, 6) is -2.32. The van der Waals surface area contributed by atoms with Crippen LogP contribution in [0.15, 0.2) is 47.4 Å². The number of nitrogens with one attached hydrogen (secondary N) is 1. The van der Waals surface area contributed by atoms with Gasteiger partial charge in [0.2, 0.25) is 5.91 Å². The first-order valence-electron chi connectivity index (χ1n) is 7.53. The zero-order valence-electron chi connectivity index (χ0n) is 13.6. The van der Waals surface area contributed by atoms with Crippen LogP contribution in [0, 0.1) is 24.4 Å². The molecule has 1 heterocycles. The lowest BCUT2D eigenvalue weighted by Crippen LogP contribution is -2.13. The fourth-order valence-electron chi connectivity index (χ4n) is 2.20. The highest BCUT2D eigenvalue weighted by Crippen LogP contribution is 2.31. The Bertz CT molecular complexity index is 942. The van der Waals surface area contributed by atoms with Gasteiger partial charge in [-0.1, -0.05) is 0 Å². The normalized spacial score (nSPS) is 10.8. The molecule has 0 spiro atoms. The highest BCUT2D eigenvalue weighted by molar-refractivity contribution is 8.00. The average molecular weight is 394 g/mol. The summed E-state index contributed by atoms with van der Waals surface area (Å²) in [5, 5.41) is 3.07. The minimum absolute atomic E-state index is 0.144. The van der Waals surface area contributed by atoms with E-state index in [0.29, 0.717) is 16.4 Å². The fraction of sp³-hybridized carbons (Fsp3) is 0.111. The zero-order chi connectivity index (χ0) is 18.7. The maximum atomic E-state index is 13.4. The smallest absolute Gasteiger partial charge is 0.236 e. The van der Waals surface area contributed by atoms with E-state index in [1.165, 1.54) is 41.3 Å². The molecule has 1 N–H and O–H groups in total. The first-order valence-corrected chi connectivity index (χ1v) is 9.33. The molecule has 2 aromatic carbocycles. The van der Waals surface area contributed by atoms with Crippen LogP contribution in [0.2, 0.25) is 0 Å². The number of aromatic nitrogens is 1. The lowest BCUT2D eigenvalue weighted by atomic mass is 10.1. The molecule has 3 nitrogen and oxygen atoms in total. The Labute approximate surface area is 156 Å². The second-order valence-corrected chi connectivity index (χ2v) is 7.60. The SMILES string of the molecule is Cc1sc(NC(=O)CSc2ccc(F)cc2)nc1-c1ccc(F)c(F)c1. The van der Waals surface area contributed by atoms with Crippen LogP contribution in [0.5, 0.6) is 0 Å². The van der Waals surface area contributed by atoms with Gasteiger partial charge in [0.1, 0.15) is 5.82 Å². The average Bonchev–Trinajstić information content (AvgIpc) is 2.97. The van der Waals surface area contributed by atoms with E-state index in [-0.39, 0.29) is 17.5 Å². The molecular formula is C18H13F3N2OS2. The molecule has 0 aliphatic rings. The number of thiazole rings is 1. The summed E-state index contributed by atoms with van der Waals surface area (Å²) in [7, 11) is 0. The van der Waals surface area contributed by atoms with E-state index >= 15 is 0 Å². The minimum Gasteiger partial charge on any atom is -0.301 e. The van der Waals surface area contributed by atoms with E-state index < -0.39 is 11.6 Å². The van der Waals surface area contributed by atoms with Crippen molar-refractivity contribution in [3.8, 4) is 11.3 Å². The van der Waals surface area contributed by atoms with Crippen LogP contribution in [0.25, 0.3) is 11.3 Å². The summed E-state index contributed by atoms with van der Waals surface area (Å²) in [6.45, 7) is 1.79. The molecule has 0 unspecified atom stereocenters. The maximum absolute atomic E-state index is 13.4. The number of benzene rings is 2. The van der Waals surface area contributed by atoms with Crippen molar-refractivity contribution in [2.24, 2.45) is 0 Å². The molecule has 26 heavy (non-hydrogen) atoms. The molecule has 0 aliphatic carbocycles. The molecule has 8 heteroatoms. The molecule has 3 rings (SSSR count). The Hall–Kier alpha value is -2.32. The second-order valence-electron chi connectivity index (χ2n) is 5.34. The Morgan fingerprint density at radius 1 is 1.12 bits per heavy atom. The molecule has 0 aliphatic heterocycles. The number of hydrogen-bond acceptors (Lipinski definition) is 4. The Morgan fingerprint density at radius 3 is 2.54 bits per heavy atom. The van der Waals surface area contributed by atoms with Crippen molar-refractivity contribution < 1.29 is 18.0 Å². The van der Waals surface area contributed by atoms with Crippen LogP contribution < -0.4 is 5.32 Å². The van der Waals surface area contributed by atoms with E-state index in [1.807, 2.05) is 0 Å². The molecule has 3 aromatic rings. The summed E-state index contributed by atoms with van der Waals surface area (Å²) < 4.78 is 39.3. The van der Waals surface area contributed by atoms with Gasteiger partial charge in [-0.3, -0.25) is 4.79 Å². The lowest BCUT2D eigenvalue weighted by molar-refractivity contribution is -0.113. The topological polar surface area (TPSA) is 42.0 Å². The largest absolute Gasteiger partial charge is 0.301 e. The third-order valence-corrected chi connectivity index (χ3v) is 5.32. The minimum atomic E-state index is -0.948. The van der Waals surface area contributed by atoms with E-state index in [2.05, 4.69) is 10.3 Å². The number of halogens is 3. The molecule has 0 saturated heterocycles. The van der Waals surface area contributed by atoms with Gasteiger partial charge in [-0.15, -0.1) is 23.1 Å². The molecular weight excluding hydrogens is 381 g/mol. The summed E-state index contributed by atoms with van der Waals surface area (Å²) >= 11 is 2.53. The van der Waals surface area contributed by atoms with E-state index in [9.17, 15) is 18.0 Å². The third-order valence-electron chi connectivity index (χ3n) is 3.42. The number of nitrogens with zero attached hydrogens (tertiary/aromatic N) is 1. The molecule has 134 valence electrons. The first kappa shape index (κ1) is 18.5. The van der Waals surface area contributed by atoms with E-state index in [4.69, 9.17) is 0 Å². The van der Waals surface area contributed by atoms with Gasteiger partial charge < -0.3 is 5.32 Å². The summed E-state index contributed by atoms with van der Waals surface area (Å²) in [6.07, 6.45) is 0. The third kappa shape index (κ3) is 4.44. The van der Waals surface area contributed by atoms with Gasteiger partial charge in [0.15, 0.2) is 16.8 Å². The second kappa shape index (κ2) is 7.92. The number of thioether (sulfide) groups is 1. The van der Waals surface area contributed by atoms with Crippen LogP contribution in [0.1, 0.15) is 4.88 Å². The zero-order valence-corrected chi connectivity index (χ0v) is 15.2. The number of amides is 1. The predicted molar refractivity (Wildman–Crippen MR) is 98.0 cm³/mol. The summed E-state index contributed by atoms with van der Waals surface area (Å²) in [6, 6.07) is 9.42. The lowest BCUT2D eigenvalue weighted by Gasteiger charge is -2.02. The number of aryl methyl sites for hydroxylation is 1. The van der Waals surface area contributed by atoms with Crippen molar-refractivity contribution in [1.29, 1.82) is 0 Å². The number of anilines is 1. The number of hydrogen-bond donors (Lipinski definition) is 1. The van der Waals surface area contributed by atoms with Crippen molar-refractivity contribution >= 4 is 34.1 Å². The Morgan fingerprint density at radius 2 is 1.85 bits per heavy atom. The Balaban J connectivity index is 1.65. The highest BCUT2D eigenvalue weighted by Gasteiger charge is 2.14. The van der Waals surface area contributed by atoms with Gasteiger partial charge in [0.05, 0.1) is 11.4 Å². The van der Waals surface area contributed by atoms with E-state index in [1.54, 1.807) is 19.1 Å². The van der Waals surface area contributed by atoms with Gasteiger partial charge >= 0.3 is 0 Å². The summed E-state index contributed by atoms with van der Waals surface area (Å²) in [4.78, 5) is 17.9. The molecule has 0 radical (unpaired) electrons. The van der Waals surface area contributed by atoms with Gasteiger partial charge in [-0.25, -0.2) is 18.2 Å². The predicted octanol–water partition coefficient (Wildman–Crippen LogP) is 5.27. The van der Waals surface area contributed by atoms with Crippen LogP contribution in [0.4, 0.5) is 18.3 Å². The van der Waals surface area contributed by atoms with Crippen molar-refractivity contribution in [2.45, 2.75) is 11.8 Å². The summed E-state index contributed by atoms with van der Waals surface area (Å²) in [5.41, 5.74) is 0.939. The highest BCUT2D eigenvalue weighted by atomic mass is 32.2. The molecule has 0 saturated carbocycles. The van der Waals surface area contributed by atoms with Crippen LogP contribution in [-0.2, 0) is 4.79 Å². The van der Waals surface area contributed by atoms with Crippen LogP contribution in [-0.4, -0.2) is 16.6 Å². The van der Waals surface area contributed by atoms with Crippen molar-refractivity contribution in [3.05, 3.63) is 64.8 Å². The van der Waals surface area contributed by atoms with Gasteiger partial charge in [0.25, 0.3) is 0 Å². The molecule has 0 bridgehead atoms. The van der Waals surface area contributed by atoms with Gasteiger partial charge in [-0.05, 0) is 49.4 Å². The van der Waals surface area contributed by atoms with Crippen molar-refractivity contribution in [2.75, 3.05) is 11.1 Å². The fourth-order valence-corrected chi connectivity index (χ4v) is 3.75.